The van der Waals surface area contributed by atoms with E-state index in [4.69, 9.17) is 10.00 Å². The first-order valence-electron chi connectivity index (χ1n) is 5.38. The average molecular weight is 200 g/mol. The van der Waals surface area contributed by atoms with Gasteiger partial charge in [-0.25, -0.2) is 4.98 Å². The molecule has 0 amide bonds. The van der Waals surface area contributed by atoms with Crippen molar-refractivity contribution in [1.29, 1.82) is 5.26 Å². The van der Waals surface area contributed by atoms with Gasteiger partial charge in [-0.3, -0.25) is 0 Å². The number of pyridine rings is 1. The zero-order valence-corrected chi connectivity index (χ0v) is 8.39. The van der Waals surface area contributed by atoms with E-state index < -0.39 is 0 Å². The first kappa shape index (κ1) is 8.72. The van der Waals surface area contributed by atoms with Crippen LogP contribution in [0.1, 0.15) is 25.0 Å². The summed E-state index contributed by atoms with van der Waals surface area (Å²) in [5.74, 6) is 2.63. The first-order valence-corrected chi connectivity index (χ1v) is 5.38. The van der Waals surface area contributed by atoms with Crippen molar-refractivity contribution < 1.29 is 4.74 Å². The quantitative estimate of drug-likeness (QED) is 0.734. The number of nitrogens with zero attached hydrogens (tertiary/aromatic N) is 2. The van der Waals surface area contributed by atoms with E-state index in [9.17, 15) is 0 Å². The van der Waals surface area contributed by atoms with Crippen LogP contribution in [0, 0.1) is 23.2 Å². The Morgan fingerprint density at radius 3 is 2.87 bits per heavy atom. The number of nitriles is 1. The van der Waals surface area contributed by atoms with Gasteiger partial charge in [-0.15, -0.1) is 0 Å². The van der Waals surface area contributed by atoms with Crippen LogP contribution in [0.15, 0.2) is 18.3 Å². The van der Waals surface area contributed by atoms with E-state index in [1.807, 2.05) is 12.1 Å². The van der Waals surface area contributed by atoms with Crippen molar-refractivity contribution in [2.45, 2.75) is 25.4 Å². The van der Waals surface area contributed by atoms with Crippen LogP contribution >= 0.6 is 0 Å². The predicted octanol–water partition coefficient (Wildman–Crippen LogP) is 2.13. The Balaban J connectivity index is 1.68. The SMILES string of the molecule is N#Cc1cc(OC2C[C@@H]3C[C@@H]3C2)ccn1. The third-order valence-corrected chi connectivity index (χ3v) is 3.35. The normalized spacial score (nSPS) is 31.8. The van der Waals surface area contributed by atoms with E-state index in [0.29, 0.717) is 11.8 Å². The molecular weight excluding hydrogens is 188 g/mol. The molecule has 2 saturated carbocycles. The van der Waals surface area contributed by atoms with Gasteiger partial charge in [-0.05, 0) is 37.2 Å². The van der Waals surface area contributed by atoms with Gasteiger partial charge >= 0.3 is 0 Å². The minimum absolute atomic E-state index is 0.364. The Bertz CT molecular complexity index is 414. The lowest BCUT2D eigenvalue weighted by Gasteiger charge is -2.14. The summed E-state index contributed by atoms with van der Waals surface area (Å²) in [7, 11) is 0. The fourth-order valence-electron chi connectivity index (χ4n) is 2.49. The molecule has 0 aliphatic heterocycles. The predicted molar refractivity (Wildman–Crippen MR) is 54.2 cm³/mol. The highest BCUT2D eigenvalue weighted by atomic mass is 16.5. The van der Waals surface area contributed by atoms with Crippen LogP contribution in [-0.4, -0.2) is 11.1 Å². The second kappa shape index (κ2) is 3.23. The first-order chi connectivity index (χ1) is 7.35. The Morgan fingerprint density at radius 1 is 1.33 bits per heavy atom. The number of fused-ring (bicyclic) bond motifs is 1. The standard InChI is InChI=1S/C12H12N2O/c13-7-10-6-11(1-2-14-10)15-12-4-8-3-9(8)5-12/h1-2,6,8-9,12H,3-5H2/t8-,9+,12?. The molecule has 0 aromatic carbocycles. The van der Waals surface area contributed by atoms with E-state index in [2.05, 4.69) is 4.98 Å². The number of hydrogen-bond donors (Lipinski definition) is 0. The molecular formula is C12H12N2O. The van der Waals surface area contributed by atoms with Crippen molar-refractivity contribution >= 4 is 0 Å². The van der Waals surface area contributed by atoms with Crippen LogP contribution in [0.4, 0.5) is 0 Å². The van der Waals surface area contributed by atoms with Crippen molar-refractivity contribution in [2.24, 2.45) is 11.8 Å². The fraction of sp³-hybridized carbons (Fsp3) is 0.500. The van der Waals surface area contributed by atoms with E-state index in [1.54, 1.807) is 12.3 Å². The van der Waals surface area contributed by atoms with Crippen LogP contribution < -0.4 is 4.74 Å². The molecule has 3 rings (SSSR count). The topological polar surface area (TPSA) is 45.9 Å². The molecule has 0 radical (unpaired) electrons. The summed E-state index contributed by atoms with van der Waals surface area (Å²) in [6.45, 7) is 0. The second-order valence-corrected chi connectivity index (χ2v) is 4.46. The van der Waals surface area contributed by atoms with Gasteiger partial charge in [0.2, 0.25) is 0 Å². The number of aromatic nitrogens is 1. The Labute approximate surface area is 88.7 Å². The zero-order chi connectivity index (χ0) is 10.3. The van der Waals surface area contributed by atoms with E-state index >= 15 is 0 Å². The van der Waals surface area contributed by atoms with Crippen molar-refractivity contribution in [2.75, 3.05) is 0 Å². The smallest absolute Gasteiger partial charge is 0.144 e. The largest absolute Gasteiger partial charge is 0.490 e. The molecule has 2 aliphatic carbocycles. The van der Waals surface area contributed by atoms with Gasteiger partial charge < -0.3 is 4.74 Å². The van der Waals surface area contributed by atoms with Crippen molar-refractivity contribution in [3.05, 3.63) is 24.0 Å². The molecule has 0 N–H and O–H groups in total. The molecule has 3 heteroatoms. The van der Waals surface area contributed by atoms with Gasteiger partial charge in [0.1, 0.15) is 17.5 Å². The van der Waals surface area contributed by atoms with Crippen LogP contribution in [0.5, 0.6) is 5.75 Å². The lowest BCUT2D eigenvalue weighted by atomic mass is 10.2. The van der Waals surface area contributed by atoms with Crippen molar-refractivity contribution in [1.82, 2.24) is 4.98 Å². The maximum Gasteiger partial charge on any atom is 0.144 e. The Hall–Kier alpha value is -1.56. The molecule has 2 fully saturated rings. The Kier molecular flexibility index (Phi) is 1.88. The fourth-order valence-corrected chi connectivity index (χ4v) is 2.49. The maximum absolute atomic E-state index is 8.70. The van der Waals surface area contributed by atoms with E-state index in [0.717, 1.165) is 17.6 Å². The molecule has 0 bridgehead atoms. The molecule has 3 nitrogen and oxygen atoms in total. The number of hydrogen-bond acceptors (Lipinski definition) is 3. The zero-order valence-electron chi connectivity index (χ0n) is 8.39. The molecule has 3 atom stereocenters. The van der Waals surface area contributed by atoms with E-state index in [1.165, 1.54) is 19.3 Å². The van der Waals surface area contributed by atoms with Gasteiger partial charge in [0.05, 0.1) is 6.10 Å². The maximum atomic E-state index is 8.70. The summed E-state index contributed by atoms with van der Waals surface area (Å²) in [5.41, 5.74) is 0.427. The molecule has 1 unspecified atom stereocenters. The molecule has 15 heavy (non-hydrogen) atoms. The lowest BCUT2D eigenvalue weighted by molar-refractivity contribution is 0.194. The summed E-state index contributed by atoms with van der Waals surface area (Å²) in [6.07, 6.45) is 5.77. The molecule has 1 aromatic rings. The van der Waals surface area contributed by atoms with Crippen LogP contribution in [0.3, 0.4) is 0 Å². The molecule has 76 valence electrons. The molecule has 0 saturated heterocycles. The van der Waals surface area contributed by atoms with Gasteiger partial charge in [-0.2, -0.15) is 5.26 Å². The van der Waals surface area contributed by atoms with Crippen LogP contribution in [0.2, 0.25) is 0 Å². The van der Waals surface area contributed by atoms with Gasteiger partial charge in [0, 0.05) is 12.3 Å². The monoisotopic (exact) mass is 200 g/mol. The minimum atomic E-state index is 0.364. The Morgan fingerprint density at radius 2 is 2.13 bits per heavy atom. The molecule has 0 spiro atoms. The minimum Gasteiger partial charge on any atom is -0.490 e. The van der Waals surface area contributed by atoms with Crippen LogP contribution in [-0.2, 0) is 0 Å². The van der Waals surface area contributed by atoms with Gasteiger partial charge in [0.15, 0.2) is 0 Å². The number of ether oxygens (including phenoxy) is 1. The summed E-state index contributed by atoms with van der Waals surface area (Å²) < 4.78 is 5.83. The third kappa shape index (κ3) is 1.68. The van der Waals surface area contributed by atoms with Gasteiger partial charge in [-0.1, -0.05) is 0 Å². The van der Waals surface area contributed by atoms with Crippen molar-refractivity contribution in [3.8, 4) is 11.8 Å². The summed E-state index contributed by atoms with van der Waals surface area (Å²) in [4.78, 5) is 3.92. The summed E-state index contributed by atoms with van der Waals surface area (Å²) >= 11 is 0. The summed E-state index contributed by atoms with van der Waals surface area (Å²) in [5, 5.41) is 8.70. The third-order valence-electron chi connectivity index (χ3n) is 3.35. The number of rotatable bonds is 2. The molecule has 1 heterocycles. The highest BCUT2D eigenvalue weighted by Gasteiger charge is 2.46. The van der Waals surface area contributed by atoms with Gasteiger partial charge in [0.25, 0.3) is 0 Å². The van der Waals surface area contributed by atoms with Crippen LogP contribution in [0.25, 0.3) is 0 Å². The average Bonchev–Trinajstić information content (AvgIpc) is 2.87. The van der Waals surface area contributed by atoms with Crippen molar-refractivity contribution in [3.63, 3.8) is 0 Å². The van der Waals surface area contributed by atoms with E-state index in [-0.39, 0.29) is 0 Å². The molecule has 1 aromatic heterocycles. The highest BCUT2D eigenvalue weighted by molar-refractivity contribution is 5.30. The summed E-state index contributed by atoms with van der Waals surface area (Å²) in [6, 6.07) is 5.56. The lowest BCUT2D eigenvalue weighted by Crippen LogP contribution is -2.13. The molecule has 2 aliphatic rings. The highest BCUT2D eigenvalue weighted by Crippen LogP contribution is 2.52. The second-order valence-electron chi connectivity index (χ2n) is 4.46.